The molecule has 2 N–H and O–H groups in total. The summed E-state index contributed by atoms with van der Waals surface area (Å²) in [6.45, 7) is 4.77. The summed E-state index contributed by atoms with van der Waals surface area (Å²) in [5, 5.41) is 33.5. The third kappa shape index (κ3) is 18.1. The normalized spacial score (nSPS) is 11.9. The van der Waals surface area contributed by atoms with Crippen LogP contribution >= 0.6 is 0 Å². The van der Waals surface area contributed by atoms with Gasteiger partial charge in [-0.2, -0.15) is 0 Å². The summed E-state index contributed by atoms with van der Waals surface area (Å²) in [4.78, 5) is 0. The van der Waals surface area contributed by atoms with E-state index in [2.05, 4.69) is 20.6 Å². The van der Waals surface area contributed by atoms with Gasteiger partial charge in [-0.25, -0.2) is 0 Å². The van der Waals surface area contributed by atoms with Gasteiger partial charge < -0.3 is 48.1 Å². The molecular formula is C25H46N6O10. The number of aromatic nitrogens is 6. The first kappa shape index (κ1) is 35.1. The Kier molecular flexibility index (Phi) is 20.1. The predicted molar refractivity (Wildman–Crippen MR) is 143 cm³/mol. The monoisotopic (exact) mass is 590 g/mol. The van der Waals surface area contributed by atoms with Gasteiger partial charge in [0.2, 0.25) is 0 Å². The molecule has 0 atom stereocenters. The summed E-state index contributed by atoms with van der Waals surface area (Å²) < 4.78 is 48.4. The Hall–Kier alpha value is -2.12. The van der Waals surface area contributed by atoms with Gasteiger partial charge in [-0.15, -0.1) is 10.2 Å². The number of rotatable bonds is 28. The summed E-state index contributed by atoms with van der Waals surface area (Å²) in [6, 6.07) is 0. The predicted octanol–water partition coefficient (Wildman–Crippen LogP) is -1.11. The van der Waals surface area contributed by atoms with Crippen molar-refractivity contribution in [2.75, 3.05) is 92.5 Å². The fourth-order valence-electron chi connectivity index (χ4n) is 3.35. The van der Waals surface area contributed by atoms with E-state index in [0.717, 1.165) is 11.4 Å². The SMILES string of the molecule is Cn1cc(COCCOCC(COCCOCc2cn(C)nn2)OCCCOC(COCCO)COCCO)nn1. The molecule has 0 amide bonds. The first-order valence-electron chi connectivity index (χ1n) is 13.7. The lowest BCUT2D eigenvalue weighted by Gasteiger charge is -2.20. The third-order valence-corrected chi connectivity index (χ3v) is 5.23. The molecule has 0 bridgehead atoms. The number of ether oxygens (including phenoxy) is 8. The average molecular weight is 591 g/mol. The molecule has 0 spiro atoms. The smallest absolute Gasteiger partial charge is 0.108 e. The van der Waals surface area contributed by atoms with Crippen LogP contribution in [-0.2, 0) is 65.2 Å². The van der Waals surface area contributed by atoms with Crippen molar-refractivity contribution in [3.05, 3.63) is 23.8 Å². The maximum Gasteiger partial charge on any atom is 0.108 e. The van der Waals surface area contributed by atoms with Crippen LogP contribution in [0.1, 0.15) is 17.8 Å². The minimum Gasteiger partial charge on any atom is -0.394 e. The molecule has 41 heavy (non-hydrogen) atoms. The van der Waals surface area contributed by atoms with Crippen LogP contribution in [0.3, 0.4) is 0 Å². The minimum absolute atomic E-state index is 0.0642. The number of aliphatic hydroxyl groups excluding tert-OH is 2. The van der Waals surface area contributed by atoms with E-state index < -0.39 is 0 Å². The van der Waals surface area contributed by atoms with Crippen molar-refractivity contribution >= 4 is 0 Å². The molecule has 16 heteroatoms. The number of hydrogen-bond acceptors (Lipinski definition) is 14. The number of aryl methyl sites for hydroxylation is 2. The van der Waals surface area contributed by atoms with Gasteiger partial charge in [0, 0.05) is 27.3 Å². The molecule has 0 saturated carbocycles. The minimum atomic E-state index is -0.306. The second-order valence-corrected chi connectivity index (χ2v) is 8.96. The highest BCUT2D eigenvalue weighted by molar-refractivity contribution is 4.89. The van der Waals surface area contributed by atoms with Crippen molar-refractivity contribution < 1.29 is 48.1 Å². The highest BCUT2D eigenvalue weighted by atomic mass is 16.6. The lowest BCUT2D eigenvalue weighted by molar-refractivity contribution is -0.0883. The zero-order chi connectivity index (χ0) is 29.4. The van der Waals surface area contributed by atoms with Crippen LogP contribution in [0.15, 0.2) is 12.4 Å². The Bertz CT molecular complexity index is 811. The summed E-state index contributed by atoms with van der Waals surface area (Å²) in [6.07, 6.45) is 3.64. The van der Waals surface area contributed by atoms with Crippen molar-refractivity contribution in [2.45, 2.75) is 31.8 Å². The molecule has 236 valence electrons. The Balaban J connectivity index is 1.64. The molecule has 2 aromatic rings. The van der Waals surface area contributed by atoms with Crippen LogP contribution < -0.4 is 0 Å². The Morgan fingerprint density at radius 3 is 1.34 bits per heavy atom. The molecule has 16 nitrogen and oxygen atoms in total. The van der Waals surface area contributed by atoms with E-state index in [1.807, 2.05) is 0 Å². The van der Waals surface area contributed by atoms with Crippen molar-refractivity contribution in [3.63, 3.8) is 0 Å². The maximum absolute atomic E-state index is 8.90. The lowest BCUT2D eigenvalue weighted by Crippen LogP contribution is -2.29. The zero-order valence-corrected chi connectivity index (χ0v) is 24.2. The fourth-order valence-corrected chi connectivity index (χ4v) is 3.35. The third-order valence-electron chi connectivity index (χ3n) is 5.23. The van der Waals surface area contributed by atoms with Crippen LogP contribution in [0.25, 0.3) is 0 Å². The van der Waals surface area contributed by atoms with Crippen LogP contribution in [0, 0.1) is 0 Å². The van der Waals surface area contributed by atoms with Crippen LogP contribution in [-0.4, -0.2) is 145 Å². The highest BCUT2D eigenvalue weighted by Crippen LogP contribution is 2.02. The second kappa shape index (κ2) is 23.4. The number of aliphatic hydroxyl groups is 2. The van der Waals surface area contributed by atoms with Gasteiger partial charge in [0.25, 0.3) is 0 Å². The van der Waals surface area contributed by atoms with E-state index in [9.17, 15) is 0 Å². The van der Waals surface area contributed by atoms with E-state index in [4.69, 9.17) is 48.1 Å². The Morgan fingerprint density at radius 1 is 0.585 bits per heavy atom. The molecule has 0 radical (unpaired) electrons. The van der Waals surface area contributed by atoms with Crippen molar-refractivity contribution in [2.24, 2.45) is 14.1 Å². The molecule has 2 rings (SSSR count). The van der Waals surface area contributed by atoms with Crippen molar-refractivity contribution in [3.8, 4) is 0 Å². The molecule has 0 aliphatic rings. The summed E-state index contributed by atoms with van der Waals surface area (Å²) in [5.74, 6) is 0. The first-order chi connectivity index (χ1) is 20.1. The quantitative estimate of drug-likeness (QED) is 0.114. The molecule has 0 aliphatic carbocycles. The standard InChI is InChI=1S/C25H46N6O10/c1-30-14-22(26-28-30)16-36-10-12-38-20-25(21-39-13-11-37-17-23-15-31(2)29-27-23)41-7-3-6-40-24(18-34-8-4-32)19-35-9-5-33/h14-15,24-25,32-33H,3-13,16-21H2,1-2H3. The Labute approximate surface area is 240 Å². The van der Waals surface area contributed by atoms with Crippen molar-refractivity contribution in [1.29, 1.82) is 0 Å². The molecule has 2 aromatic heterocycles. The van der Waals surface area contributed by atoms with E-state index >= 15 is 0 Å². The largest absolute Gasteiger partial charge is 0.394 e. The van der Waals surface area contributed by atoms with Crippen LogP contribution in [0.2, 0.25) is 0 Å². The van der Waals surface area contributed by atoms with Gasteiger partial charge in [0.15, 0.2) is 0 Å². The van der Waals surface area contributed by atoms with E-state index in [-0.39, 0.29) is 51.8 Å². The first-order valence-corrected chi connectivity index (χ1v) is 13.7. The molecule has 0 fully saturated rings. The van der Waals surface area contributed by atoms with Gasteiger partial charge in [-0.3, -0.25) is 9.36 Å². The summed E-state index contributed by atoms with van der Waals surface area (Å²) in [5.41, 5.74) is 1.51. The molecule has 0 aliphatic heterocycles. The second-order valence-electron chi connectivity index (χ2n) is 8.96. The van der Waals surface area contributed by atoms with Gasteiger partial charge in [0.1, 0.15) is 23.6 Å². The van der Waals surface area contributed by atoms with Gasteiger partial charge >= 0.3 is 0 Å². The van der Waals surface area contributed by atoms with E-state index in [0.29, 0.717) is 72.5 Å². The van der Waals surface area contributed by atoms with Crippen LogP contribution in [0.4, 0.5) is 0 Å². The van der Waals surface area contributed by atoms with Gasteiger partial charge in [0.05, 0.1) is 105 Å². The average Bonchev–Trinajstić information content (AvgIpc) is 3.58. The fraction of sp³-hybridized carbons (Fsp3) is 0.840. The molecule has 2 heterocycles. The van der Waals surface area contributed by atoms with Crippen LogP contribution in [0.5, 0.6) is 0 Å². The highest BCUT2D eigenvalue weighted by Gasteiger charge is 2.13. The maximum atomic E-state index is 8.90. The topological polar surface area (TPSA) is 176 Å². The molecular weight excluding hydrogens is 544 g/mol. The van der Waals surface area contributed by atoms with E-state index in [1.54, 1.807) is 35.9 Å². The Morgan fingerprint density at radius 2 is 0.976 bits per heavy atom. The zero-order valence-electron chi connectivity index (χ0n) is 24.2. The molecule has 0 unspecified atom stereocenters. The van der Waals surface area contributed by atoms with Crippen molar-refractivity contribution in [1.82, 2.24) is 30.0 Å². The van der Waals surface area contributed by atoms with Gasteiger partial charge in [-0.05, 0) is 6.42 Å². The molecule has 0 saturated heterocycles. The lowest BCUT2D eigenvalue weighted by atomic mass is 10.3. The summed E-state index contributed by atoms with van der Waals surface area (Å²) >= 11 is 0. The summed E-state index contributed by atoms with van der Waals surface area (Å²) in [7, 11) is 3.61. The molecule has 0 aromatic carbocycles. The number of hydrogen-bond donors (Lipinski definition) is 2. The van der Waals surface area contributed by atoms with E-state index in [1.165, 1.54) is 0 Å². The van der Waals surface area contributed by atoms with Gasteiger partial charge in [-0.1, -0.05) is 10.4 Å². The number of nitrogens with zero attached hydrogens (tertiary/aromatic N) is 6.